The second-order valence-electron chi connectivity index (χ2n) is 6.33. The topological polar surface area (TPSA) is 15.3 Å². The van der Waals surface area contributed by atoms with E-state index in [1.807, 2.05) is 0 Å². The maximum Gasteiger partial charge on any atom is 0.00673 e. The van der Waals surface area contributed by atoms with Gasteiger partial charge in [-0.25, -0.2) is 0 Å². The van der Waals surface area contributed by atoms with E-state index in [1.165, 1.54) is 64.6 Å². The van der Waals surface area contributed by atoms with Crippen molar-refractivity contribution in [1.82, 2.24) is 10.2 Å². The highest BCUT2D eigenvalue weighted by molar-refractivity contribution is 4.80. The number of nitrogens with one attached hydrogen (secondary N) is 1. The van der Waals surface area contributed by atoms with Gasteiger partial charge < -0.3 is 10.2 Å². The number of hydrogen-bond acceptors (Lipinski definition) is 2. The Morgan fingerprint density at radius 1 is 1.06 bits per heavy atom. The number of nitrogens with zero attached hydrogens (tertiary/aromatic N) is 1. The van der Waals surface area contributed by atoms with Crippen molar-refractivity contribution in [1.29, 1.82) is 0 Å². The minimum absolute atomic E-state index is 0.828. The van der Waals surface area contributed by atoms with Crippen LogP contribution in [0.3, 0.4) is 0 Å². The Labute approximate surface area is 107 Å². The van der Waals surface area contributed by atoms with Crippen LogP contribution in [0.5, 0.6) is 0 Å². The van der Waals surface area contributed by atoms with Crippen LogP contribution in [-0.4, -0.2) is 37.6 Å². The van der Waals surface area contributed by atoms with Gasteiger partial charge in [0, 0.05) is 12.6 Å². The first-order chi connectivity index (χ1) is 8.28. The Bertz CT molecular complexity index is 209. The molecule has 1 atom stereocenters. The zero-order valence-corrected chi connectivity index (χ0v) is 11.8. The average molecular weight is 238 g/mol. The monoisotopic (exact) mass is 238 g/mol. The molecule has 2 aliphatic rings. The number of hydrogen-bond donors (Lipinski definition) is 1. The van der Waals surface area contributed by atoms with Crippen LogP contribution in [0, 0.1) is 11.8 Å². The predicted octanol–water partition coefficient (Wildman–Crippen LogP) is 2.89. The van der Waals surface area contributed by atoms with Gasteiger partial charge in [0.2, 0.25) is 0 Å². The lowest BCUT2D eigenvalue weighted by Crippen LogP contribution is -2.36. The third-order valence-electron chi connectivity index (χ3n) is 4.73. The summed E-state index contributed by atoms with van der Waals surface area (Å²) >= 11 is 0. The molecule has 1 saturated heterocycles. The zero-order chi connectivity index (χ0) is 12.1. The molecule has 0 aromatic carbocycles. The summed E-state index contributed by atoms with van der Waals surface area (Å²) in [5.74, 6) is 1.95. The molecule has 1 aliphatic carbocycles. The average Bonchev–Trinajstić information content (AvgIpc) is 2.75. The van der Waals surface area contributed by atoms with Crippen LogP contribution in [0.25, 0.3) is 0 Å². The minimum Gasteiger partial charge on any atom is -0.314 e. The van der Waals surface area contributed by atoms with Crippen LogP contribution in [0.2, 0.25) is 0 Å². The SMILES string of the molecule is CCCC1CCC(NCC2CCN(C)C2)CC1. The van der Waals surface area contributed by atoms with Crippen LogP contribution < -0.4 is 5.32 Å². The van der Waals surface area contributed by atoms with E-state index < -0.39 is 0 Å². The quantitative estimate of drug-likeness (QED) is 0.792. The Balaban J connectivity index is 1.58. The third-order valence-corrected chi connectivity index (χ3v) is 4.73. The van der Waals surface area contributed by atoms with E-state index in [4.69, 9.17) is 0 Å². The molecule has 0 amide bonds. The molecule has 1 unspecified atom stereocenters. The standard InChI is InChI=1S/C15H30N2/c1-3-4-13-5-7-15(8-6-13)16-11-14-9-10-17(2)12-14/h13-16H,3-12H2,1-2H3. The highest BCUT2D eigenvalue weighted by atomic mass is 15.1. The summed E-state index contributed by atoms with van der Waals surface area (Å²) in [4.78, 5) is 2.46. The van der Waals surface area contributed by atoms with E-state index in [9.17, 15) is 0 Å². The van der Waals surface area contributed by atoms with Gasteiger partial charge in [0.25, 0.3) is 0 Å². The van der Waals surface area contributed by atoms with Crippen molar-refractivity contribution < 1.29 is 0 Å². The van der Waals surface area contributed by atoms with Gasteiger partial charge >= 0.3 is 0 Å². The van der Waals surface area contributed by atoms with Crippen molar-refractivity contribution >= 4 is 0 Å². The summed E-state index contributed by atoms with van der Waals surface area (Å²) in [6.45, 7) is 6.18. The van der Waals surface area contributed by atoms with Gasteiger partial charge in [-0.15, -0.1) is 0 Å². The molecule has 0 radical (unpaired) electrons. The van der Waals surface area contributed by atoms with E-state index in [0.717, 1.165) is 17.9 Å². The van der Waals surface area contributed by atoms with Crippen molar-refractivity contribution in [3.63, 3.8) is 0 Å². The fourth-order valence-corrected chi connectivity index (χ4v) is 3.59. The first-order valence-corrected chi connectivity index (χ1v) is 7.69. The summed E-state index contributed by atoms with van der Waals surface area (Å²) in [5, 5.41) is 3.82. The highest BCUT2D eigenvalue weighted by Crippen LogP contribution is 2.28. The van der Waals surface area contributed by atoms with E-state index in [1.54, 1.807) is 0 Å². The van der Waals surface area contributed by atoms with E-state index in [-0.39, 0.29) is 0 Å². The molecule has 1 aliphatic heterocycles. The lowest BCUT2D eigenvalue weighted by atomic mass is 9.83. The highest BCUT2D eigenvalue weighted by Gasteiger charge is 2.23. The van der Waals surface area contributed by atoms with Gasteiger partial charge in [-0.05, 0) is 64.1 Å². The van der Waals surface area contributed by atoms with Crippen LogP contribution in [0.4, 0.5) is 0 Å². The van der Waals surface area contributed by atoms with E-state index in [2.05, 4.69) is 24.2 Å². The largest absolute Gasteiger partial charge is 0.314 e. The van der Waals surface area contributed by atoms with Gasteiger partial charge in [-0.1, -0.05) is 19.8 Å². The summed E-state index contributed by atoms with van der Waals surface area (Å²) in [6, 6.07) is 0.828. The van der Waals surface area contributed by atoms with Gasteiger partial charge in [-0.2, -0.15) is 0 Å². The van der Waals surface area contributed by atoms with Crippen molar-refractivity contribution in [3.8, 4) is 0 Å². The predicted molar refractivity (Wildman–Crippen MR) is 74.3 cm³/mol. The molecule has 100 valence electrons. The molecule has 1 saturated carbocycles. The van der Waals surface area contributed by atoms with Crippen molar-refractivity contribution in [2.45, 2.75) is 57.9 Å². The fraction of sp³-hybridized carbons (Fsp3) is 1.00. The van der Waals surface area contributed by atoms with Gasteiger partial charge in [0.05, 0.1) is 0 Å². The van der Waals surface area contributed by atoms with Crippen LogP contribution >= 0.6 is 0 Å². The Kier molecular flexibility index (Phi) is 5.30. The summed E-state index contributed by atoms with van der Waals surface area (Å²) in [5.41, 5.74) is 0. The zero-order valence-electron chi connectivity index (χ0n) is 11.8. The maximum atomic E-state index is 3.82. The van der Waals surface area contributed by atoms with Gasteiger partial charge in [0.1, 0.15) is 0 Å². The normalized spacial score (nSPS) is 35.3. The van der Waals surface area contributed by atoms with Crippen molar-refractivity contribution in [2.24, 2.45) is 11.8 Å². The molecule has 1 N–H and O–H groups in total. The molecular weight excluding hydrogens is 208 g/mol. The molecular formula is C15H30N2. The molecule has 2 rings (SSSR count). The van der Waals surface area contributed by atoms with E-state index >= 15 is 0 Å². The lowest BCUT2D eigenvalue weighted by molar-refractivity contribution is 0.269. The summed E-state index contributed by atoms with van der Waals surface area (Å²) < 4.78 is 0. The molecule has 0 bridgehead atoms. The van der Waals surface area contributed by atoms with E-state index in [0.29, 0.717) is 0 Å². The summed E-state index contributed by atoms with van der Waals surface area (Å²) in [7, 11) is 2.25. The fourth-order valence-electron chi connectivity index (χ4n) is 3.59. The molecule has 17 heavy (non-hydrogen) atoms. The van der Waals surface area contributed by atoms with Crippen molar-refractivity contribution in [3.05, 3.63) is 0 Å². The molecule has 0 aromatic rings. The van der Waals surface area contributed by atoms with Crippen LogP contribution in [0.1, 0.15) is 51.9 Å². The molecule has 2 nitrogen and oxygen atoms in total. The number of likely N-dealkylation sites (tertiary alicyclic amines) is 1. The number of rotatable bonds is 5. The van der Waals surface area contributed by atoms with Gasteiger partial charge in [0.15, 0.2) is 0 Å². The molecule has 1 heterocycles. The molecule has 2 heteroatoms. The summed E-state index contributed by atoms with van der Waals surface area (Å²) in [6.07, 6.45) is 10.0. The minimum atomic E-state index is 0.828. The third kappa shape index (κ3) is 4.26. The van der Waals surface area contributed by atoms with Gasteiger partial charge in [-0.3, -0.25) is 0 Å². The molecule has 2 fully saturated rings. The Hall–Kier alpha value is -0.0800. The molecule has 0 aromatic heterocycles. The maximum absolute atomic E-state index is 3.82. The second kappa shape index (κ2) is 6.75. The Morgan fingerprint density at radius 2 is 1.82 bits per heavy atom. The van der Waals surface area contributed by atoms with Crippen LogP contribution in [0.15, 0.2) is 0 Å². The van der Waals surface area contributed by atoms with Crippen molar-refractivity contribution in [2.75, 3.05) is 26.7 Å². The molecule has 0 spiro atoms. The first-order valence-electron chi connectivity index (χ1n) is 7.69. The van der Waals surface area contributed by atoms with Crippen LogP contribution in [-0.2, 0) is 0 Å². The Morgan fingerprint density at radius 3 is 2.41 bits per heavy atom. The smallest absolute Gasteiger partial charge is 0.00673 e. The second-order valence-corrected chi connectivity index (χ2v) is 6.33. The lowest BCUT2D eigenvalue weighted by Gasteiger charge is -2.29. The first kappa shape index (κ1) is 13.4.